The predicted molar refractivity (Wildman–Crippen MR) is 75.9 cm³/mol. The molecule has 1 aliphatic carbocycles. The minimum atomic E-state index is -0.604. The van der Waals surface area contributed by atoms with Crippen LogP contribution in [0.5, 0.6) is 0 Å². The van der Waals surface area contributed by atoms with Gasteiger partial charge < -0.3 is 5.32 Å². The Labute approximate surface area is 123 Å². The number of halogens is 2. The van der Waals surface area contributed by atoms with Crippen LogP contribution in [0, 0.1) is 16.0 Å². The average molecular weight is 348 g/mol. The smallest absolute Gasteiger partial charge is 0.283 e. The molecular weight excluding hydrogens is 336 g/mol. The van der Waals surface area contributed by atoms with Crippen molar-refractivity contribution in [2.24, 2.45) is 5.92 Å². The van der Waals surface area contributed by atoms with Crippen LogP contribution in [-0.2, 0) is 0 Å². The van der Waals surface area contributed by atoms with Crippen LogP contribution in [0.1, 0.15) is 23.2 Å². The Morgan fingerprint density at radius 3 is 2.84 bits per heavy atom. The number of hydrogen-bond acceptors (Lipinski definition) is 3. The number of nitrogens with one attached hydrogen (secondary N) is 1. The van der Waals surface area contributed by atoms with Crippen LogP contribution in [0.15, 0.2) is 18.2 Å². The van der Waals surface area contributed by atoms with Crippen molar-refractivity contribution in [1.29, 1.82) is 0 Å². The summed E-state index contributed by atoms with van der Waals surface area (Å²) < 4.78 is 0. The summed E-state index contributed by atoms with van der Waals surface area (Å²) >= 11 is 9.19. The molecule has 1 saturated carbocycles. The van der Waals surface area contributed by atoms with E-state index in [-0.39, 0.29) is 21.1 Å². The Balaban J connectivity index is 2.07. The molecule has 1 atom stereocenters. The lowest BCUT2D eigenvalue weighted by Crippen LogP contribution is -2.30. The molecule has 7 heteroatoms. The third-order valence-corrected chi connectivity index (χ3v) is 4.30. The molecule has 0 aliphatic heterocycles. The molecule has 1 unspecified atom stereocenters. The van der Waals surface area contributed by atoms with Gasteiger partial charge in [0.1, 0.15) is 5.56 Å². The Bertz CT molecular complexity index is 520. The summed E-state index contributed by atoms with van der Waals surface area (Å²) in [6, 6.07) is 4.02. The number of alkyl halides is 1. The van der Waals surface area contributed by atoms with E-state index < -0.39 is 10.8 Å². The van der Waals surface area contributed by atoms with Gasteiger partial charge in [-0.2, -0.15) is 0 Å². The highest BCUT2D eigenvalue weighted by molar-refractivity contribution is 9.09. The fraction of sp³-hybridized carbons (Fsp3) is 0.417. The molecule has 0 radical (unpaired) electrons. The standard InChI is InChI=1S/C12H12BrClN2O3/c13-10(7-1-2-7)6-15-12(17)9-4-3-8(14)5-11(9)16(18)19/h3-5,7,10H,1-2,6H2,(H,15,17). The molecule has 0 bridgehead atoms. The molecule has 19 heavy (non-hydrogen) atoms. The summed E-state index contributed by atoms with van der Waals surface area (Å²) in [7, 11) is 0. The summed E-state index contributed by atoms with van der Waals surface area (Å²) in [5.74, 6) is 0.147. The fourth-order valence-corrected chi connectivity index (χ4v) is 2.61. The first-order valence-electron chi connectivity index (χ1n) is 5.85. The van der Waals surface area contributed by atoms with Crippen LogP contribution in [0.4, 0.5) is 5.69 Å². The lowest BCUT2D eigenvalue weighted by Gasteiger charge is -2.10. The van der Waals surface area contributed by atoms with E-state index in [1.165, 1.54) is 18.2 Å². The Morgan fingerprint density at radius 1 is 1.58 bits per heavy atom. The van der Waals surface area contributed by atoms with E-state index in [0.29, 0.717) is 12.5 Å². The van der Waals surface area contributed by atoms with Gasteiger partial charge in [-0.3, -0.25) is 14.9 Å². The van der Waals surface area contributed by atoms with E-state index in [1.54, 1.807) is 0 Å². The molecule has 1 fully saturated rings. The second-order valence-electron chi connectivity index (χ2n) is 4.48. The van der Waals surface area contributed by atoms with Gasteiger partial charge in [-0.25, -0.2) is 0 Å². The lowest BCUT2D eigenvalue weighted by molar-refractivity contribution is -0.385. The van der Waals surface area contributed by atoms with Crippen molar-refractivity contribution >= 4 is 39.1 Å². The first-order chi connectivity index (χ1) is 8.99. The van der Waals surface area contributed by atoms with Crippen molar-refractivity contribution in [3.8, 4) is 0 Å². The monoisotopic (exact) mass is 346 g/mol. The molecule has 1 N–H and O–H groups in total. The van der Waals surface area contributed by atoms with Crippen molar-refractivity contribution < 1.29 is 9.72 Å². The third kappa shape index (κ3) is 3.67. The van der Waals surface area contributed by atoms with Gasteiger partial charge in [0.2, 0.25) is 0 Å². The molecule has 2 rings (SSSR count). The number of benzene rings is 1. The van der Waals surface area contributed by atoms with Gasteiger partial charge in [-0.15, -0.1) is 0 Å². The van der Waals surface area contributed by atoms with Crippen molar-refractivity contribution in [3.63, 3.8) is 0 Å². The minimum Gasteiger partial charge on any atom is -0.351 e. The number of amides is 1. The first kappa shape index (κ1) is 14.3. The highest BCUT2D eigenvalue weighted by Crippen LogP contribution is 2.36. The van der Waals surface area contributed by atoms with Gasteiger partial charge >= 0.3 is 0 Å². The number of carbonyl (C=O) groups excluding carboxylic acids is 1. The zero-order chi connectivity index (χ0) is 14.0. The quantitative estimate of drug-likeness (QED) is 0.505. The van der Waals surface area contributed by atoms with E-state index in [2.05, 4.69) is 21.2 Å². The summed E-state index contributed by atoms with van der Waals surface area (Å²) in [5, 5.41) is 13.8. The van der Waals surface area contributed by atoms with Crippen LogP contribution in [0.3, 0.4) is 0 Å². The van der Waals surface area contributed by atoms with Crippen molar-refractivity contribution in [2.45, 2.75) is 17.7 Å². The van der Waals surface area contributed by atoms with Gasteiger partial charge in [0.25, 0.3) is 11.6 Å². The Kier molecular flexibility index (Phi) is 4.42. The molecule has 0 saturated heterocycles. The molecular formula is C12H12BrClN2O3. The molecule has 1 aromatic carbocycles. The van der Waals surface area contributed by atoms with Crippen molar-refractivity contribution in [1.82, 2.24) is 5.32 Å². The number of nitro benzene ring substituents is 1. The molecule has 5 nitrogen and oxygen atoms in total. The van der Waals surface area contributed by atoms with E-state index in [9.17, 15) is 14.9 Å². The predicted octanol–water partition coefficient (Wildman–Crippen LogP) is 3.15. The number of hydrogen-bond donors (Lipinski definition) is 1. The molecule has 0 spiro atoms. The lowest BCUT2D eigenvalue weighted by atomic mass is 10.1. The van der Waals surface area contributed by atoms with Crippen molar-refractivity contribution in [3.05, 3.63) is 38.9 Å². The SMILES string of the molecule is O=C(NCC(Br)C1CC1)c1ccc(Cl)cc1[N+](=O)[O-]. The van der Waals surface area contributed by atoms with E-state index in [1.807, 2.05) is 0 Å². The third-order valence-electron chi connectivity index (χ3n) is 2.99. The second-order valence-corrected chi connectivity index (χ2v) is 6.09. The second kappa shape index (κ2) is 5.88. The Morgan fingerprint density at radius 2 is 2.26 bits per heavy atom. The molecule has 0 aromatic heterocycles. The molecule has 102 valence electrons. The first-order valence-corrected chi connectivity index (χ1v) is 7.14. The van der Waals surface area contributed by atoms with Gasteiger partial charge in [-0.1, -0.05) is 27.5 Å². The zero-order valence-corrected chi connectivity index (χ0v) is 12.3. The average Bonchev–Trinajstić information content (AvgIpc) is 3.19. The Hall–Kier alpha value is -1.14. The topological polar surface area (TPSA) is 72.2 Å². The maximum Gasteiger partial charge on any atom is 0.283 e. The molecule has 1 aliphatic rings. The minimum absolute atomic E-state index is 0.0323. The largest absolute Gasteiger partial charge is 0.351 e. The molecule has 1 amide bonds. The normalized spacial score (nSPS) is 15.9. The van der Waals surface area contributed by atoms with Crippen LogP contribution in [-0.4, -0.2) is 22.2 Å². The van der Waals surface area contributed by atoms with Gasteiger partial charge in [-0.05, 0) is 30.9 Å². The van der Waals surface area contributed by atoms with Crippen LogP contribution >= 0.6 is 27.5 Å². The van der Waals surface area contributed by atoms with Crippen molar-refractivity contribution in [2.75, 3.05) is 6.54 Å². The van der Waals surface area contributed by atoms with Gasteiger partial charge in [0, 0.05) is 22.5 Å². The fourth-order valence-electron chi connectivity index (χ4n) is 1.76. The number of nitro groups is 1. The number of rotatable bonds is 5. The van der Waals surface area contributed by atoms with Gasteiger partial charge in [0.15, 0.2) is 0 Å². The summed E-state index contributed by atoms with van der Waals surface area (Å²) in [6.45, 7) is 0.462. The molecule has 1 aromatic rings. The highest BCUT2D eigenvalue weighted by atomic mass is 79.9. The van der Waals surface area contributed by atoms with Crippen LogP contribution < -0.4 is 5.32 Å². The van der Waals surface area contributed by atoms with E-state index in [4.69, 9.17) is 11.6 Å². The highest BCUT2D eigenvalue weighted by Gasteiger charge is 2.30. The molecule has 0 heterocycles. The maximum atomic E-state index is 11.9. The summed E-state index contributed by atoms with van der Waals surface area (Å²) in [5.41, 5.74) is -0.243. The summed E-state index contributed by atoms with van der Waals surface area (Å²) in [6.07, 6.45) is 2.32. The van der Waals surface area contributed by atoms with Crippen LogP contribution in [0.25, 0.3) is 0 Å². The number of carbonyl (C=O) groups is 1. The van der Waals surface area contributed by atoms with Gasteiger partial charge in [0.05, 0.1) is 4.92 Å². The summed E-state index contributed by atoms with van der Waals surface area (Å²) in [4.78, 5) is 22.5. The van der Waals surface area contributed by atoms with Crippen LogP contribution in [0.2, 0.25) is 5.02 Å². The zero-order valence-electron chi connectivity index (χ0n) is 9.94. The maximum absolute atomic E-state index is 11.9. The van der Waals surface area contributed by atoms with E-state index in [0.717, 1.165) is 12.8 Å². The number of nitrogens with zero attached hydrogens (tertiary/aromatic N) is 1. The van der Waals surface area contributed by atoms with E-state index >= 15 is 0 Å².